The molecule has 4 saturated carbocycles. The number of nitrogens with one attached hydrogen (secondary N) is 2. The van der Waals surface area contributed by atoms with Crippen molar-refractivity contribution in [1.29, 1.82) is 0 Å². The molecule has 6 bridgehead atoms. The Labute approximate surface area is 282 Å². The Morgan fingerprint density at radius 3 is 2.35 bits per heavy atom. The molecule has 11 atom stereocenters. The molecule has 6 fully saturated rings. The molecule has 1 amide bonds. The molecule has 6 aliphatic rings. The van der Waals surface area contributed by atoms with E-state index in [0.29, 0.717) is 0 Å². The Bertz CT molecular complexity index is 1690. The van der Waals surface area contributed by atoms with Crippen LogP contribution in [0.15, 0.2) is 48.7 Å². The number of alkyl carbamates (subject to hydrolysis) is 1. The van der Waals surface area contributed by atoms with Crippen LogP contribution in [0, 0.1) is 22.7 Å². The Hall–Kier alpha value is -3.53. The van der Waals surface area contributed by atoms with Crippen molar-refractivity contribution in [3.63, 3.8) is 0 Å². The van der Waals surface area contributed by atoms with Gasteiger partial charge in [-0.3, -0.25) is 4.79 Å². The number of esters is 2. The second-order valence-electron chi connectivity index (χ2n) is 15.3. The number of ether oxygens (including phenoxy) is 4. The molecule has 1 aromatic carbocycles. The van der Waals surface area contributed by atoms with E-state index in [2.05, 4.69) is 10.3 Å². The van der Waals surface area contributed by atoms with Gasteiger partial charge < -0.3 is 54.8 Å². The molecule has 1 spiro atoms. The van der Waals surface area contributed by atoms with Gasteiger partial charge in [0.1, 0.15) is 47.4 Å². The van der Waals surface area contributed by atoms with E-state index in [1.807, 2.05) is 6.07 Å². The molecule has 8 rings (SSSR count). The quantitative estimate of drug-likeness (QED) is 0.155. The largest absolute Gasteiger partial charge is 0.457 e. The summed E-state index contributed by atoms with van der Waals surface area (Å²) in [5.41, 5.74) is -15.7. The summed E-state index contributed by atoms with van der Waals surface area (Å²) < 4.78 is 23.6. The van der Waals surface area contributed by atoms with Crippen molar-refractivity contribution in [1.82, 2.24) is 10.3 Å². The Kier molecular flexibility index (Phi) is 7.11. The molecule has 0 radical (unpaired) electrons. The molecular formula is C35H44N2O12. The second kappa shape index (κ2) is 10.3. The number of carbonyl (C=O) groups is 3. The topological polar surface area (TPSA) is 217 Å². The fourth-order valence-corrected chi connectivity index (χ4v) is 10.8. The van der Waals surface area contributed by atoms with E-state index in [-0.39, 0.29) is 25.1 Å². The number of benzene rings is 1. The van der Waals surface area contributed by atoms with Crippen LogP contribution in [0.3, 0.4) is 0 Å². The van der Waals surface area contributed by atoms with Gasteiger partial charge in [-0.1, -0.05) is 58.0 Å². The van der Waals surface area contributed by atoms with Crippen LogP contribution in [0.1, 0.15) is 69.9 Å². The SMILES string of the molecule is CC(C)[C@@]1(O)[C@@H](OC(=O)c2ccc[nH]2)[C@@]2(O)[C@@]3(C)C[C@]4(O)O[C@@]5([C@H](OC(=O)CNC(=O)OCc6ccccc6)[C@@H](C)CC[C@]35O)[C@@]2(O)[C@]14C. The van der Waals surface area contributed by atoms with Gasteiger partial charge in [-0.05, 0) is 49.3 Å². The third kappa shape index (κ3) is 3.50. The zero-order valence-electron chi connectivity index (χ0n) is 28.1. The maximum atomic E-state index is 13.5. The molecule has 14 nitrogen and oxygen atoms in total. The number of aliphatic hydroxyl groups is 5. The zero-order valence-corrected chi connectivity index (χ0v) is 28.1. The van der Waals surface area contributed by atoms with Gasteiger partial charge in [0.2, 0.25) is 0 Å². The molecule has 0 unspecified atom stereocenters. The minimum Gasteiger partial charge on any atom is -0.457 e. The fourth-order valence-electron chi connectivity index (χ4n) is 10.8. The van der Waals surface area contributed by atoms with E-state index in [9.17, 15) is 39.9 Å². The zero-order chi connectivity index (χ0) is 35.6. The summed E-state index contributed by atoms with van der Waals surface area (Å²) in [5.74, 6) is -5.82. The first-order valence-electron chi connectivity index (χ1n) is 16.7. The van der Waals surface area contributed by atoms with Gasteiger partial charge in [-0.15, -0.1) is 0 Å². The van der Waals surface area contributed by atoms with E-state index in [1.54, 1.807) is 51.1 Å². The summed E-state index contributed by atoms with van der Waals surface area (Å²) in [4.78, 5) is 42.1. The van der Waals surface area contributed by atoms with E-state index in [1.165, 1.54) is 26.1 Å². The van der Waals surface area contributed by atoms with E-state index in [4.69, 9.17) is 18.9 Å². The fraction of sp³-hybridized carbons (Fsp3) is 0.629. The lowest BCUT2D eigenvalue weighted by atomic mass is 9.52. The Morgan fingerprint density at radius 2 is 1.71 bits per heavy atom. The average molecular weight is 685 g/mol. The lowest BCUT2D eigenvalue weighted by Crippen LogP contribution is -2.76. The van der Waals surface area contributed by atoms with Crippen LogP contribution in [0.2, 0.25) is 0 Å². The monoisotopic (exact) mass is 684 g/mol. The summed E-state index contributed by atoms with van der Waals surface area (Å²) in [6, 6.07) is 11.9. The lowest BCUT2D eigenvalue weighted by Gasteiger charge is -2.60. The number of hydrogen-bond acceptors (Lipinski definition) is 12. The van der Waals surface area contributed by atoms with Gasteiger partial charge in [0.25, 0.3) is 0 Å². The molecule has 266 valence electrons. The van der Waals surface area contributed by atoms with Crippen LogP contribution >= 0.6 is 0 Å². The van der Waals surface area contributed by atoms with Crippen molar-refractivity contribution in [3.8, 4) is 0 Å². The molecule has 14 heteroatoms. The minimum atomic E-state index is -2.77. The van der Waals surface area contributed by atoms with E-state index in [0.717, 1.165) is 5.56 Å². The highest BCUT2D eigenvalue weighted by Gasteiger charge is 3.10. The van der Waals surface area contributed by atoms with Gasteiger partial charge in [-0.25, -0.2) is 9.59 Å². The number of aromatic amines is 1. The highest BCUT2D eigenvalue weighted by molar-refractivity contribution is 5.87. The summed E-state index contributed by atoms with van der Waals surface area (Å²) >= 11 is 0. The Balaban J connectivity index is 1.28. The molecule has 4 aliphatic carbocycles. The van der Waals surface area contributed by atoms with E-state index < -0.39 is 99.7 Å². The van der Waals surface area contributed by atoms with Gasteiger partial charge in [0, 0.05) is 18.0 Å². The van der Waals surface area contributed by atoms with Crippen LogP contribution in [0.25, 0.3) is 0 Å². The molecular weight excluding hydrogens is 640 g/mol. The number of H-pyrrole nitrogens is 1. The third-order valence-electron chi connectivity index (χ3n) is 13.1. The van der Waals surface area contributed by atoms with Crippen molar-refractivity contribution < 1.29 is 58.9 Å². The minimum absolute atomic E-state index is 0.00966. The van der Waals surface area contributed by atoms with Crippen LogP contribution in [-0.2, 0) is 30.3 Å². The van der Waals surface area contributed by atoms with Crippen LogP contribution in [0.5, 0.6) is 0 Å². The number of carbonyl (C=O) groups excluding carboxylic acids is 3. The molecule has 1 aromatic heterocycles. The second-order valence-corrected chi connectivity index (χ2v) is 15.3. The van der Waals surface area contributed by atoms with Crippen LogP contribution in [0.4, 0.5) is 4.79 Å². The third-order valence-corrected chi connectivity index (χ3v) is 13.1. The van der Waals surface area contributed by atoms with Crippen LogP contribution in [-0.4, -0.2) is 101 Å². The number of aromatic nitrogens is 1. The van der Waals surface area contributed by atoms with Gasteiger partial charge in [0.05, 0.1) is 5.41 Å². The standard InChI is InChI=1S/C35H44N2O12/c1-19(2)32(43)26(48-25(39)22-12-9-15-36-22)33(44)28(4)18-31(42)29(32,5)35(33,45)34(49-31)24(20(3)13-14-30(28,34)41)47-23(38)16-37-27(40)46-17-21-10-7-6-8-11-21/h6-12,15,19-20,24,26,36,41-45H,13-14,16-18H2,1-5H3,(H,37,40)/t20-,24+,26+,28-,29-,30-,31-,32+,33+,34+,35+/m0/s1. The normalized spacial score (nSPS) is 45.7. The first-order chi connectivity index (χ1) is 22.9. The van der Waals surface area contributed by atoms with Gasteiger partial charge >= 0.3 is 18.0 Å². The lowest BCUT2D eigenvalue weighted by molar-refractivity contribution is -0.390. The maximum Gasteiger partial charge on any atom is 0.407 e. The predicted molar refractivity (Wildman–Crippen MR) is 167 cm³/mol. The predicted octanol–water partition coefficient (Wildman–Crippen LogP) is 1.29. The summed E-state index contributed by atoms with van der Waals surface area (Å²) in [6.07, 6.45) is -3.08. The molecule has 2 saturated heterocycles. The first kappa shape index (κ1) is 33.9. The molecule has 3 heterocycles. The highest BCUT2D eigenvalue weighted by Crippen LogP contribution is 2.90. The van der Waals surface area contributed by atoms with Gasteiger partial charge in [-0.2, -0.15) is 0 Å². The van der Waals surface area contributed by atoms with Crippen molar-refractivity contribution >= 4 is 18.0 Å². The van der Waals surface area contributed by atoms with Crippen molar-refractivity contribution in [3.05, 3.63) is 59.9 Å². The summed E-state index contributed by atoms with van der Waals surface area (Å²) in [5, 5.41) is 67.2. The summed E-state index contributed by atoms with van der Waals surface area (Å²) in [7, 11) is 0. The maximum absolute atomic E-state index is 13.5. The summed E-state index contributed by atoms with van der Waals surface area (Å²) in [6.45, 7) is 7.02. The molecule has 7 N–H and O–H groups in total. The van der Waals surface area contributed by atoms with Gasteiger partial charge in [0.15, 0.2) is 17.5 Å². The average Bonchev–Trinajstić information content (AvgIpc) is 3.69. The molecule has 2 aromatic rings. The number of rotatable bonds is 8. The number of amides is 1. The highest BCUT2D eigenvalue weighted by atomic mass is 16.7. The molecule has 2 aliphatic heterocycles. The van der Waals surface area contributed by atoms with E-state index >= 15 is 0 Å². The Morgan fingerprint density at radius 1 is 1.02 bits per heavy atom. The van der Waals surface area contributed by atoms with Crippen molar-refractivity contribution in [2.75, 3.05) is 6.54 Å². The smallest absolute Gasteiger partial charge is 0.407 e. The molecule has 49 heavy (non-hydrogen) atoms. The van der Waals surface area contributed by atoms with Crippen LogP contribution < -0.4 is 5.32 Å². The van der Waals surface area contributed by atoms with Crippen molar-refractivity contribution in [2.24, 2.45) is 22.7 Å². The van der Waals surface area contributed by atoms with Crippen molar-refractivity contribution in [2.45, 2.75) is 106 Å². The number of hydrogen-bond donors (Lipinski definition) is 7. The first-order valence-corrected chi connectivity index (χ1v) is 16.7.